The molecule has 1 unspecified atom stereocenters. The van der Waals surface area contributed by atoms with Crippen LogP contribution in [0.25, 0.3) is 0 Å². The minimum Gasteiger partial charge on any atom is -0.496 e. The largest absolute Gasteiger partial charge is 0.496 e. The zero-order valence-corrected chi connectivity index (χ0v) is 17.3. The van der Waals surface area contributed by atoms with Crippen LogP contribution in [-0.4, -0.2) is 38.2 Å². The Kier molecular flexibility index (Phi) is 7.90. The number of ether oxygens (including phenoxy) is 1. The van der Waals surface area contributed by atoms with Crippen molar-refractivity contribution in [3.05, 3.63) is 28.2 Å². The number of urea groups is 1. The van der Waals surface area contributed by atoms with Gasteiger partial charge in [-0.1, -0.05) is 35.2 Å². The van der Waals surface area contributed by atoms with Gasteiger partial charge in [0.15, 0.2) is 6.04 Å². The van der Waals surface area contributed by atoms with E-state index in [1.165, 1.54) is 6.42 Å². The lowest BCUT2D eigenvalue weighted by molar-refractivity contribution is -0.908. The number of imide groups is 1. The number of nitrogens with one attached hydrogen (secondary N) is 3. The van der Waals surface area contributed by atoms with Crippen molar-refractivity contribution in [2.75, 3.05) is 14.2 Å². The summed E-state index contributed by atoms with van der Waals surface area (Å²) in [6, 6.07) is 5.24. The second-order valence-corrected chi connectivity index (χ2v) is 7.91. The Morgan fingerprint density at radius 1 is 1.31 bits per heavy atom. The minimum atomic E-state index is -0.387. The van der Waals surface area contributed by atoms with Gasteiger partial charge < -0.3 is 15.0 Å². The summed E-state index contributed by atoms with van der Waals surface area (Å²) in [7, 11) is 3.57. The number of carbonyl (C=O) groups excluding carboxylic acids is 2. The predicted octanol–water partition coefficient (Wildman–Crippen LogP) is 2.02. The van der Waals surface area contributed by atoms with E-state index >= 15 is 0 Å². The summed E-state index contributed by atoms with van der Waals surface area (Å²) in [5, 5.41) is 5.40. The molecule has 3 amide bonds. The fourth-order valence-corrected chi connectivity index (χ4v) is 3.66. The van der Waals surface area contributed by atoms with Gasteiger partial charge in [-0.3, -0.25) is 10.1 Å². The summed E-state index contributed by atoms with van der Waals surface area (Å²) in [4.78, 5) is 25.5. The van der Waals surface area contributed by atoms with Crippen LogP contribution in [0.15, 0.2) is 22.7 Å². The smallest absolute Gasteiger partial charge is 0.321 e. The summed E-state index contributed by atoms with van der Waals surface area (Å²) < 4.78 is 6.35. The van der Waals surface area contributed by atoms with E-state index in [4.69, 9.17) is 4.74 Å². The Hall–Kier alpha value is -1.60. The zero-order valence-electron chi connectivity index (χ0n) is 15.7. The van der Waals surface area contributed by atoms with Crippen molar-refractivity contribution < 1.29 is 19.2 Å². The van der Waals surface area contributed by atoms with Crippen LogP contribution < -0.4 is 20.3 Å². The van der Waals surface area contributed by atoms with Gasteiger partial charge in [-0.2, -0.15) is 0 Å². The van der Waals surface area contributed by atoms with Crippen molar-refractivity contribution >= 4 is 27.9 Å². The summed E-state index contributed by atoms with van der Waals surface area (Å²) in [5.74, 6) is 0.514. The lowest BCUT2D eigenvalue weighted by atomic mass is 9.96. The third-order valence-electron chi connectivity index (χ3n) is 5.02. The molecule has 0 aliphatic heterocycles. The van der Waals surface area contributed by atoms with Crippen molar-refractivity contribution in [1.82, 2.24) is 10.6 Å². The molecular formula is C19H29BrN3O3+. The Morgan fingerprint density at radius 2 is 2.00 bits per heavy atom. The third-order valence-corrected chi connectivity index (χ3v) is 5.51. The van der Waals surface area contributed by atoms with Crippen molar-refractivity contribution in [2.24, 2.45) is 0 Å². The lowest BCUT2D eigenvalue weighted by Crippen LogP contribution is -3.12. The number of quaternary nitrogens is 1. The van der Waals surface area contributed by atoms with E-state index < -0.39 is 0 Å². The molecule has 7 heteroatoms. The van der Waals surface area contributed by atoms with Crippen LogP contribution in [0.5, 0.6) is 5.75 Å². The number of carbonyl (C=O) groups is 2. The number of likely N-dealkylation sites (N-methyl/N-ethyl adjacent to an activating group) is 1. The average Bonchev–Trinajstić information content (AvgIpc) is 2.61. The second-order valence-electron chi connectivity index (χ2n) is 7.00. The van der Waals surface area contributed by atoms with E-state index in [1.54, 1.807) is 7.11 Å². The molecular weight excluding hydrogens is 398 g/mol. The minimum absolute atomic E-state index is 0.183. The number of rotatable bonds is 6. The van der Waals surface area contributed by atoms with Crippen LogP contribution in [0.3, 0.4) is 0 Å². The highest BCUT2D eigenvalue weighted by molar-refractivity contribution is 9.10. The molecule has 26 heavy (non-hydrogen) atoms. The monoisotopic (exact) mass is 426 g/mol. The van der Waals surface area contributed by atoms with Gasteiger partial charge in [-0.15, -0.1) is 0 Å². The maximum Gasteiger partial charge on any atom is 0.321 e. The molecule has 1 fully saturated rings. The Morgan fingerprint density at radius 3 is 2.65 bits per heavy atom. The fraction of sp³-hybridized carbons (Fsp3) is 0.579. The molecule has 0 radical (unpaired) electrons. The van der Waals surface area contributed by atoms with Crippen molar-refractivity contribution in [3.63, 3.8) is 0 Å². The van der Waals surface area contributed by atoms with Gasteiger partial charge in [0.05, 0.1) is 14.2 Å². The topological polar surface area (TPSA) is 71.9 Å². The fourth-order valence-electron chi connectivity index (χ4n) is 3.25. The first-order chi connectivity index (χ1) is 12.4. The molecule has 1 aliphatic carbocycles. The summed E-state index contributed by atoms with van der Waals surface area (Å²) in [6.07, 6.45) is 5.48. The van der Waals surface area contributed by atoms with Gasteiger partial charge in [0.2, 0.25) is 0 Å². The van der Waals surface area contributed by atoms with Gasteiger partial charge in [0.1, 0.15) is 12.3 Å². The average molecular weight is 427 g/mol. The standard InChI is InChI=1S/C19H28BrN3O3/c1-13(18(24)22-19(25)21-16-7-5-4-6-8-16)23(2)12-14-11-15(20)9-10-17(14)26-3/h9-11,13,16H,4-8,12H2,1-3H3,(H2,21,22,24,25)/p+1/t13-/m1/s1. The number of halogens is 1. The van der Waals surface area contributed by atoms with Crippen LogP contribution in [0.2, 0.25) is 0 Å². The van der Waals surface area contributed by atoms with Crippen LogP contribution in [0, 0.1) is 0 Å². The Labute approximate surface area is 163 Å². The van der Waals surface area contributed by atoms with E-state index in [-0.39, 0.29) is 24.0 Å². The van der Waals surface area contributed by atoms with Crippen LogP contribution in [0.1, 0.15) is 44.6 Å². The molecule has 1 saturated carbocycles. The van der Waals surface area contributed by atoms with Gasteiger partial charge in [0, 0.05) is 16.1 Å². The number of hydrogen-bond donors (Lipinski definition) is 3. The van der Waals surface area contributed by atoms with E-state index in [2.05, 4.69) is 26.6 Å². The van der Waals surface area contributed by atoms with Crippen molar-refractivity contribution in [1.29, 1.82) is 0 Å². The molecule has 1 aromatic carbocycles. The zero-order chi connectivity index (χ0) is 19.1. The molecule has 2 atom stereocenters. The highest BCUT2D eigenvalue weighted by atomic mass is 79.9. The van der Waals surface area contributed by atoms with Crippen LogP contribution in [0.4, 0.5) is 4.79 Å². The van der Waals surface area contributed by atoms with E-state index in [9.17, 15) is 9.59 Å². The summed E-state index contributed by atoms with van der Waals surface area (Å²) in [6.45, 7) is 2.43. The van der Waals surface area contributed by atoms with Crippen molar-refractivity contribution in [2.45, 2.75) is 57.7 Å². The maximum absolute atomic E-state index is 12.4. The highest BCUT2D eigenvalue weighted by Crippen LogP contribution is 2.22. The lowest BCUT2D eigenvalue weighted by Gasteiger charge is -2.24. The molecule has 0 aromatic heterocycles. The second kappa shape index (κ2) is 9.92. The molecule has 0 bridgehead atoms. The number of benzene rings is 1. The Bertz CT molecular complexity index is 632. The van der Waals surface area contributed by atoms with Gasteiger partial charge >= 0.3 is 6.03 Å². The normalized spacial score (nSPS) is 17.2. The summed E-state index contributed by atoms with van der Waals surface area (Å²) in [5.41, 5.74) is 1.01. The van der Waals surface area contributed by atoms with E-state index in [0.717, 1.165) is 46.4 Å². The molecule has 0 saturated heterocycles. The highest BCUT2D eigenvalue weighted by Gasteiger charge is 2.25. The molecule has 1 aromatic rings. The first kappa shape index (κ1) is 20.7. The molecule has 0 heterocycles. The van der Waals surface area contributed by atoms with Crippen LogP contribution in [-0.2, 0) is 11.3 Å². The Balaban J connectivity index is 1.88. The van der Waals surface area contributed by atoms with Gasteiger partial charge in [-0.05, 0) is 38.0 Å². The third kappa shape index (κ3) is 5.99. The predicted molar refractivity (Wildman–Crippen MR) is 104 cm³/mol. The number of amides is 3. The first-order valence-electron chi connectivity index (χ1n) is 9.16. The SMILES string of the molecule is COc1ccc(Br)cc1C[NH+](C)[C@H](C)C(=O)NC(=O)NC1CCCCC1. The maximum atomic E-state index is 12.4. The number of methoxy groups -OCH3 is 1. The quantitative estimate of drug-likeness (QED) is 0.651. The van der Waals surface area contributed by atoms with Gasteiger partial charge in [-0.25, -0.2) is 4.79 Å². The molecule has 2 rings (SSSR count). The summed E-state index contributed by atoms with van der Waals surface area (Å²) >= 11 is 3.46. The number of hydrogen-bond acceptors (Lipinski definition) is 3. The van der Waals surface area contributed by atoms with E-state index in [0.29, 0.717) is 6.54 Å². The van der Waals surface area contributed by atoms with Gasteiger partial charge in [0.25, 0.3) is 5.91 Å². The molecule has 6 nitrogen and oxygen atoms in total. The van der Waals surface area contributed by atoms with E-state index in [1.807, 2.05) is 32.2 Å². The van der Waals surface area contributed by atoms with Crippen LogP contribution >= 0.6 is 15.9 Å². The van der Waals surface area contributed by atoms with Crippen molar-refractivity contribution in [3.8, 4) is 5.75 Å². The first-order valence-corrected chi connectivity index (χ1v) is 9.96. The molecule has 1 aliphatic rings. The molecule has 3 N–H and O–H groups in total. The molecule has 0 spiro atoms. The molecule has 144 valence electrons.